The molecule has 2 N–H and O–H groups in total. The number of halogens is 1. The normalized spacial score (nSPS) is 28.0. The third-order valence-corrected chi connectivity index (χ3v) is 8.96. The van der Waals surface area contributed by atoms with E-state index in [1.807, 2.05) is 50.2 Å². The van der Waals surface area contributed by atoms with Gasteiger partial charge in [-0.2, -0.15) is 0 Å². The highest BCUT2D eigenvalue weighted by atomic mass is 35.5. The van der Waals surface area contributed by atoms with E-state index in [2.05, 4.69) is 5.32 Å². The second kappa shape index (κ2) is 9.76. The number of hydrogen-bond donors (Lipinski definition) is 2. The van der Waals surface area contributed by atoms with Crippen LogP contribution < -0.4 is 15.1 Å². The number of amides is 2. The highest BCUT2D eigenvalue weighted by Crippen LogP contribution is 2.53. The predicted octanol–water partition coefficient (Wildman–Crippen LogP) is 4.96. The van der Waals surface area contributed by atoms with E-state index in [0.29, 0.717) is 17.1 Å². The van der Waals surface area contributed by atoms with E-state index in [0.717, 1.165) is 48.9 Å². The number of aryl methyl sites for hydroxylation is 1. The molecular formula is C29H34ClN3O4. The fraction of sp³-hybridized carbons (Fsp3) is 0.483. The van der Waals surface area contributed by atoms with Crippen LogP contribution in [0, 0.1) is 24.7 Å². The van der Waals surface area contributed by atoms with Gasteiger partial charge in [0, 0.05) is 30.8 Å². The monoisotopic (exact) mass is 523 g/mol. The van der Waals surface area contributed by atoms with Gasteiger partial charge in [0.05, 0.1) is 17.5 Å². The molecule has 4 unspecified atom stereocenters. The topological polar surface area (TPSA) is 90.0 Å². The number of aliphatic carboxylic acids is 1. The van der Waals surface area contributed by atoms with Gasteiger partial charge in [-0.25, -0.2) is 4.90 Å². The number of fused-ring (bicyclic) bond motifs is 1. The number of rotatable bonds is 6. The summed E-state index contributed by atoms with van der Waals surface area (Å²) in [6.07, 6.45) is 5.48. The maximum atomic E-state index is 14.0. The van der Waals surface area contributed by atoms with Crippen LogP contribution in [0.25, 0.3) is 0 Å². The summed E-state index contributed by atoms with van der Waals surface area (Å²) >= 11 is 6.35. The molecule has 4 atom stereocenters. The maximum absolute atomic E-state index is 14.0. The quantitative estimate of drug-likeness (QED) is 0.520. The lowest BCUT2D eigenvalue weighted by atomic mass is 9.72. The van der Waals surface area contributed by atoms with Crippen LogP contribution in [0.2, 0.25) is 5.02 Å². The molecule has 1 aliphatic carbocycles. The summed E-state index contributed by atoms with van der Waals surface area (Å²) < 4.78 is 0. The van der Waals surface area contributed by atoms with Crippen molar-refractivity contribution in [2.24, 2.45) is 17.8 Å². The van der Waals surface area contributed by atoms with E-state index in [1.165, 1.54) is 4.90 Å². The first-order valence-electron chi connectivity index (χ1n) is 13.1. The van der Waals surface area contributed by atoms with E-state index >= 15 is 0 Å². The van der Waals surface area contributed by atoms with Crippen LogP contribution >= 0.6 is 11.6 Å². The van der Waals surface area contributed by atoms with Crippen LogP contribution in [0.3, 0.4) is 0 Å². The number of carbonyl (C=O) groups is 3. The van der Waals surface area contributed by atoms with Gasteiger partial charge in [0.25, 0.3) is 0 Å². The lowest BCUT2D eigenvalue weighted by molar-refractivity contribution is -0.150. The molecule has 37 heavy (non-hydrogen) atoms. The van der Waals surface area contributed by atoms with E-state index in [9.17, 15) is 19.5 Å². The smallest absolute Gasteiger partial charge is 0.324 e. The molecule has 0 spiro atoms. The standard InChI is InChI=1S/C29H34ClN3O4/c1-17-9-12-21(15-22(17)30)33-26(34)23-24(27(33)35)29(28(36)37,16-18-7-5-4-6-8-18)31-25(23)19-10-13-20(14-11-19)32(2)3/h9-15,18,23-25,31H,4-8,16H2,1-3H3,(H,36,37). The molecule has 0 aromatic heterocycles. The van der Waals surface area contributed by atoms with Crippen molar-refractivity contribution in [2.75, 3.05) is 23.9 Å². The van der Waals surface area contributed by atoms with Crippen molar-refractivity contribution >= 4 is 40.8 Å². The van der Waals surface area contributed by atoms with Gasteiger partial charge in [0.1, 0.15) is 5.54 Å². The molecule has 8 heteroatoms. The molecule has 3 fully saturated rings. The molecule has 0 bridgehead atoms. The molecular weight excluding hydrogens is 490 g/mol. The van der Waals surface area contributed by atoms with Gasteiger partial charge in [0.2, 0.25) is 11.8 Å². The summed E-state index contributed by atoms with van der Waals surface area (Å²) in [5, 5.41) is 14.5. The summed E-state index contributed by atoms with van der Waals surface area (Å²) in [4.78, 5) is 44.2. The molecule has 5 rings (SSSR count). The van der Waals surface area contributed by atoms with Crippen LogP contribution in [0.1, 0.15) is 55.7 Å². The fourth-order valence-corrected chi connectivity index (χ4v) is 6.74. The lowest BCUT2D eigenvalue weighted by Gasteiger charge is -2.35. The lowest BCUT2D eigenvalue weighted by Crippen LogP contribution is -2.57. The number of hydrogen-bond acceptors (Lipinski definition) is 5. The summed E-state index contributed by atoms with van der Waals surface area (Å²) in [5.41, 5.74) is 1.50. The zero-order valence-corrected chi connectivity index (χ0v) is 22.3. The first-order valence-corrected chi connectivity index (χ1v) is 13.4. The Morgan fingerprint density at radius 3 is 2.35 bits per heavy atom. The molecule has 3 aliphatic rings. The average Bonchev–Trinajstić information content (AvgIpc) is 3.35. The minimum absolute atomic E-state index is 0.193. The number of imide groups is 1. The molecule has 196 valence electrons. The van der Waals surface area contributed by atoms with Gasteiger partial charge in [-0.05, 0) is 54.7 Å². The Labute approximate surface area is 222 Å². The molecule has 2 saturated heterocycles. The number of carboxylic acid groups (broad SMARTS) is 1. The number of benzene rings is 2. The Morgan fingerprint density at radius 1 is 1.08 bits per heavy atom. The Hall–Kier alpha value is -2.90. The Bertz CT molecular complexity index is 1220. The number of carboxylic acids is 1. The van der Waals surface area contributed by atoms with E-state index in [4.69, 9.17) is 11.6 Å². The van der Waals surface area contributed by atoms with Crippen LogP contribution in [-0.2, 0) is 14.4 Å². The van der Waals surface area contributed by atoms with Gasteiger partial charge in [-0.1, -0.05) is 61.9 Å². The molecule has 2 aliphatic heterocycles. The molecule has 2 aromatic rings. The largest absolute Gasteiger partial charge is 0.480 e. The van der Waals surface area contributed by atoms with Crippen LogP contribution in [-0.4, -0.2) is 42.5 Å². The summed E-state index contributed by atoms with van der Waals surface area (Å²) in [6.45, 7) is 1.85. The van der Waals surface area contributed by atoms with Crippen molar-refractivity contribution in [1.29, 1.82) is 0 Å². The zero-order valence-electron chi connectivity index (χ0n) is 21.5. The van der Waals surface area contributed by atoms with Crippen LogP contribution in [0.4, 0.5) is 11.4 Å². The molecule has 1 saturated carbocycles. The van der Waals surface area contributed by atoms with Crippen LogP contribution in [0.15, 0.2) is 42.5 Å². The van der Waals surface area contributed by atoms with Gasteiger partial charge in [-0.3, -0.25) is 19.7 Å². The van der Waals surface area contributed by atoms with Crippen LogP contribution in [0.5, 0.6) is 0 Å². The van der Waals surface area contributed by atoms with Gasteiger partial charge >= 0.3 is 5.97 Å². The predicted molar refractivity (Wildman–Crippen MR) is 144 cm³/mol. The van der Waals surface area contributed by atoms with Gasteiger partial charge in [0.15, 0.2) is 0 Å². The number of nitrogens with one attached hydrogen (secondary N) is 1. The highest BCUT2D eigenvalue weighted by Gasteiger charge is 2.68. The van der Waals surface area contributed by atoms with E-state index < -0.39 is 35.3 Å². The molecule has 0 radical (unpaired) electrons. The number of carbonyl (C=O) groups excluding carboxylic acids is 2. The second-order valence-electron chi connectivity index (χ2n) is 11.0. The average molecular weight is 524 g/mol. The van der Waals surface area contributed by atoms with Crippen molar-refractivity contribution < 1.29 is 19.5 Å². The Morgan fingerprint density at radius 2 is 1.76 bits per heavy atom. The van der Waals surface area contributed by atoms with Crippen molar-refractivity contribution in [3.63, 3.8) is 0 Å². The van der Waals surface area contributed by atoms with E-state index in [1.54, 1.807) is 18.2 Å². The molecule has 7 nitrogen and oxygen atoms in total. The Kier molecular flexibility index (Phi) is 6.79. The highest BCUT2D eigenvalue weighted by molar-refractivity contribution is 6.32. The minimum Gasteiger partial charge on any atom is -0.480 e. The first-order chi connectivity index (χ1) is 17.6. The van der Waals surface area contributed by atoms with Crippen molar-refractivity contribution in [3.8, 4) is 0 Å². The van der Waals surface area contributed by atoms with Gasteiger partial charge in [-0.15, -0.1) is 0 Å². The van der Waals surface area contributed by atoms with Crippen molar-refractivity contribution in [2.45, 2.75) is 57.0 Å². The molecule has 2 heterocycles. The summed E-state index contributed by atoms with van der Waals surface area (Å²) in [5.74, 6) is -3.54. The number of anilines is 2. The van der Waals surface area contributed by atoms with Crippen molar-refractivity contribution in [1.82, 2.24) is 5.32 Å². The SMILES string of the molecule is Cc1ccc(N2C(=O)C3C(c4ccc(N(C)C)cc4)NC(CC4CCCCC4)(C(=O)O)C3C2=O)cc1Cl. The summed E-state index contributed by atoms with van der Waals surface area (Å²) in [6, 6.07) is 12.2. The fourth-order valence-electron chi connectivity index (χ4n) is 6.56. The number of nitrogens with zero attached hydrogens (tertiary/aromatic N) is 2. The van der Waals surface area contributed by atoms with Crippen molar-refractivity contribution in [3.05, 3.63) is 58.6 Å². The van der Waals surface area contributed by atoms with E-state index in [-0.39, 0.29) is 11.8 Å². The maximum Gasteiger partial charge on any atom is 0.324 e. The first kappa shape index (κ1) is 25.7. The third-order valence-electron chi connectivity index (χ3n) is 8.55. The molecule has 2 amide bonds. The Balaban J connectivity index is 1.60. The second-order valence-corrected chi connectivity index (χ2v) is 11.4. The van der Waals surface area contributed by atoms with Gasteiger partial charge < -0.3 is 10.0 Å². The minimum atomic E-state index is -1.52. The zero-order chi connectivity index (χ0) is 26.5. The summed E-state index contributed by atoms with van der Waals surface area (Å²) in [7, 11) is 3.89. The third kappa shape index (κ3) is 4.32. The molecule has 2 aromatic carbocycles.